The Morgan fingerprint density at radius 2 is 1.96 bits per heavy atom. The largest absolute Gasteiger partial charge is 0.322 e. The molecule has 2 aromatic heterocycles. The highest BCUT2D eigenvalue weighted by molar-refractivity contribution is 6.05. The summed E-state index contributed by atoms with van der Waals surface area (Å²) in [5.41, 5.74) is 3.74. The number of aromatic amines is 1. The molecule has 7 heteroatoms. The number of H-pyrrole nitrogens is 1. The second-order valence-electron chi connectivity index (χ2n) is 5.76. The molecular weight excluding hydrogens is 328 g/mol. The van der Waals surface area contributed by atoms with Gasteiger partial charge in [-0.1, -0.05) is 30.3 Å². The van der Waals surface area contributed by atoms with E-state index in [4.69, 9.17) is 0 Å². The molecule has 2 heterocycles. The predicted octanol–water partition coefficient (Wildman–Crippen LogP) is 3.22. The average molecular weight is 344 g/mol. The number of para-hydroxylation sites is 1. The number of benzene rings is 2. The van der Waals surface area contributed by atoms with E-state index < -0.39 is 0 Å². The molecule has 0 bridgehead atoms. The van der Waals surface area contributed by atoms with Crippen molar-refractivity contribution in [2.45, 2.75) is 6.92 Å². The number of anilines is 1. The summed E-state index contributed by atoms with van der Waals surface area (Å²) in [6.45, 7) is 1.87. The Labute approximate surface area is 149 Å². The Hall–Kier alpha value is -3.74. The molecule has 4 aromatic rings. The van der Waals surface area contributed by atoms with Gasteiger partial charge in [-0.25, -0.2) is 9.67 Å². The number of aromatic nitrogens is 5. The summed E-state index contributed by atoms with van der Waals surface area (Å²) in [6.07, 6.45) is 3.03. The molecule has 4 rings (SSSR count). The van der Waals surface area contributed by atoms with Gasteiger partial charge in [0.15, 0.2) is 5.82 Å². The molecule has 2 aromatic carbocycles. The van der Waals surface area contributed by atoms with Gasteiger partial charge in [-0.15, -0.1) is 0 Å². The number of carbonyl (C=O) groups excluding carboxylic acids is 1. The van der Waals surface area contributed by atoms with E-state index >= 15 is 0 Å². The number of carbonyl (C=O) groups is 1. The van der Waals surface area contributed by atoms with E-state index in [1.165, 1.54) is 6.33 Å². The van der Waals surface area contributed by atoms with Crippen LogP contribution in [0.2, 0.25) is 0 Å². The van der Waals surface area contributed by atoms with Crippen LogP contribution in [0, 0.1) is 6.92 Å². The van der Waals surface area contributed by atoms with Gasteiger partial charge < -0.3 is 5.32 Å². The van der Waals surface area contributed by atoms with Gasteiger partial charge in [-0.05, 0) is 31.2 Å². The zero-order valence-electron chi connectivity index (χ0n) is 14.0. The van der Waals surface area contributed by atoms with Crippen LogP contribution in [0.3, 0.4) is 0 Å². The fourth-order valence-corrected chi connectivity index (χ4v) is 2.75. The van der Waals surface area contributed by atoms with Crippen LogP contribution in [0.4, 0.5) is 5.69 Å². The summed E-state index contributed by atoms with van der Waals surface area (Å²) in [5.74, 6) is 0.438. The molecule has 0 atom stereocenters. The normalized spacial score (nSPS) is 10.7. The molecule has 7 nitrogen and oxygen atoms in total. The van der Waals surface area contributed by atoms with E-state index in [1.54, 1.807) is 10.9 Å². The van der Waals surface area contributed by atoms with Crippen molar-refractivity contribution in [2.24, 2.45) is 0 Å². The summed E-state index contributed by atoms with van der Waals surface area (Å²) in [7, 11) is 0. The van der Waals surface area contributed by atoms with Gasteiger partial charge in [-0.3, -0.25) is 9.89 Å². The molecule has 0 unspecified atom stereocenters. The summed E-state index contributed by atoms with van der Waals surface area (Å²) in [5, 5.41) is 13.9. The molecule has 1 amide bonds. The van der Waals surface area contributed by atoms with Crippen LogP contribution < -0.4 is 5.32 Å². The number of nitrogens with zero attached hydrogens (tertiary/aromatic N) is 4. The van der Waals surface area contributed by atoms with Gasteiger partial charge in [0.1, 0.15) is 6.33 Å². The quantitative estimate of drug-likeness (QED) is 0.595. The highest BCUT2D eigenvalue weighted by atomic mass is 16.1. The molecule has 0 saturated carbocycles. The molecule has 0 aliphatic heterocycles. The maximum Gasteiger partial charge on any atom is 0.259 e. The Morgan fingerprint density at radius 1 is 1.12 bits per heavy atom. The molecule has 0 spiro atoms. The Balaban J connectivity index is 1.58. The van der Waals surface area contributed by atoms with Crippen LogP contribution in [-0.4, -0.2) is 30.9 Å². The van der Waals surface area contributed by atoms with Gasteiger partial charge >= 0.3 is 0 Å². The first-order chi connectivity index (χ1) is 12.7. The zero-order chi connectivity index (χ0) is 17.9. The van der Waals surface area contributed by atoms with E-state index in [0.717, 1.165) is 16.9 Å². The average Bonchev–Trinajstić information content (AvgIpc) is 3.32. The fourth-order valence-electron chi connectivity index (χ4n) is 2.75. The third kappa shape index (κ3) is 2.98. The molecule has 0 radical (unpaired) electrons. The van der Waals surface area contributed by atoms with E-state index in [-0.39, 0.29) is 5.91 Å². The number of hydrogen-bond acceptors (Lipinski definition) is 4. The Bertz CT molecular complexity index is 1040. The van der Waals surface area contributed by atoms with Crippen molar-refractivity contribution in [3.05, 3.63) is 78.4 Å². The van der Waals surface area contributed by atoms with E-state index in [9.17, 15) is 4.79 Å². The van der Waals surface area contributed by atoms with Crippen LogP contribution in [-0.2, 0) is 0 Å². The lowest BCUT2D eigenvalue weighted by Crippen LogP contribution is -2.13. The van der Waals surface area contributed by atoms with Crippen LogP contribution in [0.5, 0.6) is 0 Å². The predicted molar refractivity (Wildman–Crippen MR) is 98.1 cm³/mol. The molecule has 26 heavy (non-hydrogen) atoms. The minimum Gasteiger partial charge on any atom is -0.322 e. The first kappa shape index (κ1) is 15.8. The minimum absolute atomic E-state index is 0.209. The zero-order valence-corrected chi connectivity index (χ0v) is 14.0. The van der Waals surface area contributed by atoms with Gasteiger partial charge in [-0.2, -0.15) is 10.2 Å². The van der Waals surface area contributed by atoms with Crippen molar-refractivity contribution in [3.63, 3.8) is 0 Å². The molecule has 0 aliphatic rings. The number of rotatable bonds is 4. The third-order valence-corrected chi connectivity index (χ3v) is 4.06. The van der Waals surface area contributed by atoms with E-state index in [1.807, 2.05) is 61.5 Å². The smallest absolute Gasteiger partial charge is 0.259 e. The van der Waals surface area contributed by atoms with Crippen molar-refractivity contribution in [1.29, 1.82) is 0 Å². The monoisotopic (exact) mass is 344 g/mol. The standard InChI is InChI=1S/C19H16N6O/c1-13-17(11-22-25(13)16-8-3-2-4-9-16)19(26)23-15-7-5-6-14(10-15)18-20-12-21-24-18/h2-12H,1H3,(H,23,26)(H,20,21,24). The lowest BCUT2D eigenvalue weighted by atomic mass is 10.1. The molecule has 0 fully saturated rings. The summed E-state index contributed by atoms with van der Waals surface area (Å²) >= 11 is 0. The molecular formula is C19H16N6O. The van der Waals surface area contributed by atoms with Crippen molar-refractivity contribution in [3.8, 4) is 17.1 Å². The fraction of sp³-hybridized carbons (Fsp3) is 0.0526. The molecule has 2 N–H and O–H groups in total. The van der Waals surface area contributed by atoms with E-state index in [0.29, 0.717) is 17.1 Å². The highest BCUT2D eigenvalue weighted by Crippen LogP contribution is 2.20. The Kier molecular flexibility index (Phi) is 4.03. The first-order valence-corrected chi connectivity index (χ1v) is 8.09. The first-order valence-electron chi connectivity index (χ1n) is 8.09. The maximum absolute atomic E-state index is 12.7. The second-order valence-corrected chi connectivity index (χ2v) is 5.76. The summed E-state index contributed by atoms with van der Waals surface area (Å²) in [6, 6.07) is 17.1. The lowest BCUT2D eigenvalue weighted by Gasteiger charge is -2.07. The molecule has 128 valence electrons. The van der Waals surface area contributed by atoms with Crippen LogP contribution in [0.25, 0.3) is 17.1 Å². The second kappa shape index (κ2) is 6.64. The number of hydrogen-bond donors (Lipinski definition) is 2. The molecule has 0 saturated heterocycles. The number of nitrogens with one attached hydrogen (secondary N) is 2. The van der Waals surface area contributed by atoms with Gasteiger partial charge in [0.25, 0.3) is 5.91 Å². The van der Waals surface area contributed by atoms with E-state index in [2.05, 4.69) is 25.6 Å². The van der Waals surface area contributed by atoms with Crippen molar-refractivity contribution in [2.75, 3.05) is 5.32 Å². The maximum atomic E-state index is 12.7. The minimum atomic E-state index is -0.209. The summed E-state index contributed by atoms with van der Waals surface area (Å²) in [4.78, 5) is 16.8. The van der Waals surface area contributed by atoms with Gasteiger partial charge in [0.05, 0.1) is 23.1 Å². The lowest BCUT2D eigenvalue weighted by molar-refractivity contribution is 0.102. The summed E-state index contributed by atoms with van der Waals surface area (Å²) < 4.78 is 1.75. The van der Waals surface area contributed by atoms with Crippen molar-refractivity contribution in [1.82, 2.24) is 25.0 Å². The van der Waals surface area contributed by atoms with Crippen molar-refractivity contribution < 1.29 is 4.79 Å². The van der Waals surface area contributed by atoms with Crippen LogP contribution in [0.1, 0.15) is 16.1 Å². The SMILES string of the molecule is Cc1c(C(=O)Nc2cccc(-c3ncn[nH]3)c2)cnn1-c1ccccc1. The molecule has 0 aliphatic carbocycles. The Morgan fingerprint density at radius 3 is 2.73 bits per heavy atom. The third-order valence-electron chi connectivity index (χ3n) is 4.06. The van der Waals surface area contributed by atoms with Gasteiger partial charge in [0.2, 0.25) is 0 Å². The topological polar surface area (TPSA) is 88.5 Å². The van der Waals surface area contributed by atoms with Crippen LogP contribution in [0.15, 0.2) is 67.1 Å². The van der Waals surface area contributed by atoms with Crippen LogP contribution >= 0.6 is 0 Å². The number of amides is 1. The highest BCUT2D eigenvalue weighted by Gasteiger charge is 2.15. The van der Waals surface area contributed by atoms with Gasteiger partial charge in [0, 0.05) is 11.3 Å². The van der Waals surface area contributed by atoms with Crippen molar-refractivity contribution >= 4 is 11.6 Å².